The average molecular weight is 170 g/mol. The first-order valence-electron chi connectivity index (χ1n) is 3.79. The molecule has 61 valence electrons. The number of hydrogen-bond donors (Lipinski definition) is 0. The van der Waals surface area contributed by atoms with Gasteiger partial charge in [0.25, 0.3) is 0 Å². The summed E-state index contributed by atoms with van der Waals surface area (Å²) in [7, 11) is 0. The molecule has 0 aliphatic heterocycles. The standard InChI is InChI=1S/C11H5FN/c1-2-8-5-6-10(12)9-4-3-7-13-11(8)9/h3-7H. The van der Waals surface area contributed by atoms with Crippen molar-refractivity contribution in [2.45, 2.75) is 0 Å². The van der Waals surface area contributed by atoms with E-state index in [1.54, 1.807) is 18.3 Å². The second-order valence-corrected chi connectivity index (χ2v) is 2.62. The van der Waals surface area contributed by atoms with Gasteiger partial charge in [0, 0.05) is 11.6 Å². The Hall–Kier alpha value is -1.88. The summed E-state index contributed by atoms with van der Waals surface area (Å²) in [4.78, 5) is 3.99. The molecule has 1 aromatic heterocycles. The van der Waals surface area contributed by atoms with Crippen LogP contribution in [0.3, 0.4) is 0 Å². The molecule has 0 atom stereocenters. The summed E-state index contributed by atoms with van der Waals surface area (Å²) >= 11 is 0. The van der Waals surface area contributed by atoms with Crippen LogP contribution in [0, 0.1) is 18.2 Å². The van der Waals surface area contributed by atoms with Crippen LogP contribution < -0.4 is 0 Å². The van der Waals surface area contributed by atoms with Gasteiger partial charge in [-0.05, 0) is 30.7 Å². The molecule has 0 amide bonds. The predicted octanol–water partition coefficient (Wildman–Crippen LogP) is 2.31. The van der Waals surface area contributed by atoms with Crippen molar-refractivity contribution in [3.8, 4) is 5.92 Å². The zero-order chi connectivity index (χ0) is 9.26. The first-order valence-corrected chi connectivity index (χ1v) is 3.79. The van der Waals surface area contributed by atoms with E-state index < -0.39 is 0 Å². The minimum Gasteiger partial charge on any atom is -0.255 e. The molecule has 1 radical (unpaired) electrons. The highest BCUT2D eigenvalue weighted by Crippen LogP contribution is 2.18. The highest BCUT2D eigenvalue weighted by Gasteiger charge is 2.03. The summed E-state index contributed by atoms with van der Waals surface area (Å²) in [5, 5.41) is 0.430. The Morgan fingerprint density at radius 1 is 1.31 bits per heavy atom. The quantitative estimate of drug-likeness (QED) is 0.553. The first kappa shape index (κ1) is 7.75. The van der Waals surface area contributed by atoms with Crippen molar-refractivity contribution in [2.24, 2.45) is 0 Å². The molecule has 0 bridgehead atoms. The summed E-state index contributed by atoms with van der Waals surface area (Å²) < 4.78 is 13.2. The molecule has 0 N–H and O–H groups in total. The van der Waals surface area contributed by atoms with Crippen LogP contribution in [0.25, 0.3) is 10.9 Å². The SMILES string of the molecule is [C]#Cc1ccc(F)c2cccnc12. The van der Waals surface area contributed by atoms with Gasteiger partial charge in [-0.25, -0.2) is 4.39 Å². The van der Waals surface area contributed by atoms with E-state index in [0.717, 1.165) is 0 Å². The Bertz CT molecular complexity index is 497. The largest absolute Gasteiger partial charge is 0.255 e. The van der Waals surface area contributed by atoms with E-state index in [9.17, 15) is 4.39 Å². The van der Waals surface area contributed by atoms with Gasteiger partial charge in [-0.1, -0.05) is 5.92 Å². The Kier molecular flexibility index (Phi) is 1.71. The molecular formula is C11H5FN. The number of hydrogen-bond acceptors (Lipinski definition) is 1. The van der Waals surface area contributed by atoms with Crippen molar-refractivity contribution in [2.75, 3.05) is 0 Å². The van der Waals surface area contributed by atoms with E-state index in [4.69, 9.17) is 6.42 Å². The van der Waals surface area contributed by atoms with Crippen LogP contribution in [-0.2, 0) is 0 Å². The van der Waals surface area contributed by atoms with Crippen molar-refractivity contribution >= 4 is 10.9 Å². The fourth-order valence-corrected chi connectivity index (χ4v) is 1.24. The summed E-state index contributed by atoms with van der Waals surface area (Å²) in [5.41, 5.74) is 0.995. The smallest absolute Gasteiger partial charge is 0.132 e. The number of fused-ring (bicyclic) bond motifs is 1. The molecule has 0 saturated heterocycles. The molecule has 0 spiro atoms. The van der Waals surface area contributed by atoms with Gasteiger partial charge in [-0.15, -0.1) is 0 Å². The minimum atomic E-state index is -0.317. The maximum absolute atomic E-state index is 13.2. The number of rotatable bonds is 0. The van der Waals surface area contributed by atoms with Crippen LogP contribution >= 0.6 is 0 Å². The van der Waals surface area contributed by atoms with Gasteiger partial charge < -0.3 is 0 Å². The summed E-state index contributed by atoms with van der Waals surface area (Å²) in [6.07, 6.45) is 8.56. The van der Waals surface area contributed by atoms with Crippen molar-refractivity contribution in [1.82, 2.24) is 4.98 Å². The molecule has 0 aliphatic rings. The van der Waals surface area contributed by atoms with Crippen LogP contribution in [0.1, 0.15) is 5.56 Å². The molecule has 0 saturated carbocycles. The van der Waals surface area contributed by atoms with Gasteiger partial charge in [0.15, 0.2) is 0 Å². The Morgan fingerprint density at radius 3 is 2.92 bits per heavy atom. The second kappa shape index (κ2) is 2.87. The van der Waals surface area contributed by atoms with Crippen LogP contribution in [0.15, 0.2) is 30.5 Å². The number of pyridine rings is 1. The van der Waals surface area contributed by atoms with Gasteiger partial charge >= 0.3 is 0 Å². The third-order valence-corrected chi connectivity index (χ3v) is 1.85. The Morgan fingerprint density at radius 2 is 2.15 bits per heavy atom. The van der Waals surface area contributed by atoms with Crippen LogP contribution in [0.4, 0.5) is 4.39 Å². The zero-order valence-electron chi connectivity index (χ0n) is 6.71. The molecule has 0 fully saturated rings. The zero-order valence-corrected chi connectivity index (χ0v) is 6.71. The van der Waals surface area contributed by atoms with E-state index >= 15 is 0 Å². The second-order valence-electron chi connectivity index (χ2n) is 2.62. The fourth-order valence-electron chi connectivity index (χ4n) is 1.24. The van der Waals surface area contributed by atoms with Crippen molar-refractivity contribution in [1.29, 1.82) is 0 Å². The molecule has 2 rings (SSSR count). The van der Waals surface area contributed by atoms with E-state index in [1.165, 1.54) is 12.1 Å². The topological polar surface area (TPSA) is 12.9 Å². The van der Waals surface area contributed by atoms with E-state index in [1.807, 2.05) is 0 Å². The number of aromatic nitrogens is 1. The molecule has 1 heterocycles. The average Bonchev–Trinajstić information content (AvgIpc) is 2.19. The monoisotopic (exact) mass is 170 g/mol. The maximum atomic E-state index is 13.2. The lowest BCUT2D eigenvalue weighted by atomic mass is 10.1. The fraction of sp³-hybridized carbons (Fsp3) is 0. The normalized spacial score (nSPS) is 9.85. The lowest BCUT2D eigenvalue weighted by Crippen LogP contribution is -1.86. The number of nitrogens with zero attached hydrogens (tertiary/aromatic N) is 1. The number of halogens is 1. The molecular weight excluding hydrogens is 165 g/mol. The highest BCUT2D eigenvalue weighted by atomic mass is 19.1. The minimum absolute atomic E-state index is 0.317. The van der Waals surface area contributed by atoms with E-state index in [0.29, 0.717) is 16.5 Å². The molecule has 1 aromatic carbocycles. The lowest BCUT2D eigenvalue weighted by molar-refractivity contribution is 0.639. The molecule has 13 heavy (non-hydrogen) atoms. The van der Waals surface area contributed by atoms with Crippen LogP contribution in [0.5, 0.6) is 0 Å². The summed E-state index contributed by atoms with van der Waals surface area (Å²) in [6, 6.07) is 6.12. The molecule has 0 unspecified atom stereocenters. The third kappa shape index (κ3) is 1.15. The Balaban J connectivity index is 2.95. The van der Waals surface area contributed by atoms with E-state index in [-0.39, 0.29) is 5.82 Å². The molecule has 0 aliphatic carbocycles. The summed E-state index contributed by atoms with van der Waals surface area (Å²) in [5.74, 6) is 1.90. The summed E-state index contributed by atoms with van der Waals surface area (Å²) in [6.45, 7) is 0. The first-order chi connectivity index (χ1) is 6.33. The van der Waals surface area contributed by atoms with Gasteiger partial charge in [0.1, 0.15) is 5.82 Å². The van der Waals surface area contributed by atoms with Gasteiger partial charge in [-0.3, -0.25) is 4.98 Å². The maximum Gasteiger partial charge on any atom is 0.132 e. The predicted molar refractivity (Wildman–Crippen MR) is 47.9 cm³/mol. The van der Waals surface area contributed by atoms with Gasteiger partial charge in [-0.2, -0.15) is 0 Å². The van der Waals surface area contributed by atoms with E-state index in [2.05, 4.69) is 10.9 Å². The van der Waals surface area contributed by atoms with Crippen LogP contribution in [0.2, 0.25) is 0 Å². The lowest BCUT2D eigenvalue weighted by Gasteiger charge is -1.99. The van der Waals surface area contributed by atoms with Gasteiger partial charge in [0.2, 0.25) is 0 Å². The molecule has 1 nitrogen and oxygen atoms in total. The highest BCUT2D eigenvalue weighted by molar-refractivity contribution is 5.84. The van der Waals surface area contributed by atoms with Gasteiger partial charge in [0.05, 0.1) is 11.1 Å². The van der Waals surface area contributed by atoms with Crippen molar-refractivity contribution in [3.05, 3.63) is 48.3 Å². The Labute approximate surface area is 75.2 Å². The molecule has 2 aromatic rings. The van der Waals surface area contributed by atoms with Crippen LogP contribution in [-0.4, -0.2) is 4.98 Å². The van der Waals surface area contributed by atoms with Crippen molar-refractivity contribution in [3.63, 3.8) is 0 Å². The molecule has 2 heteroatoms. The van der Waals surface area contributed by atoms with Crippen molar-refractivity contribution < 1.29 is 4.39 Å². The third-order valence-electron chi connectivity index (χ3n) is 1.85. The number of benzene rings is 1.